The lowest BCUT2D eigenvalue weighted by atomic mass is 10.1. The molecule has 1 aromatic rings. The molecule has 21 heavy (non-hydrogen) atoms. The fraction of sp³-hybridized carbons (Fsp3) is 0.600. The SMILES string of the molecule is CCCNC(C)Cc1ccc(OCCOC(F)(F)F)cc1. The van der Waals surface area contributed by atoms with Crippen LogP contribution < -0.4 is 10.1 Å². The van der Waals surface area contributed by atoms with Gasteiger partial charge in [0.05, 0.1) is 6.61 Å². The maximum atomic E-state index is 11.8. The van der Waals surface area contributed by atoms with E-state index in [1.54, 1.807) is 12.1 Å². The molecule has 0 aromatic heterocycles. The van der Waals surface area contributed by atoms with Crippen molar-refractivity contribution >= 4 is 0 Å². The van der Waals surface area contributed by atoms with E-state index in [0.717, 1.165) is 24.9 Å². The molecule has 0 radical (unpaired) electrons. The molecule has 120 valence electrons. The van der Waals surface area contributed by atoms with Gasteiger partial charge in [0.1, 0.15) is 12.4 Å². The lowest BCUT2D eigenvalue weighted by Crippen LogP contribution is -2.28. The van der Waals surface area contributed by atoms with Crippen LogP contribution in [-0.2, 0) is 11.2 Å². The molecule has 0 heterocycles. The highest BCUT2D eigenvalue weighted by Crippen LogP contribution is 2.17. The Morgan fingerprint density at radius 3 is 2.38 bits per heavy atom. The molecule has 1 rings (SSSR count). The van der Waals surface area contributed by atoms with Crippen molar-refractivity contribution in [2.75, 3.05) is 19.8 Å². The molecule has 1 N–H and O–H groups in total. The van der Waals surface area contributed by atoms with Gasteiger partial charge in [-0.1, -0.05) is 19.1 Å². The largest absolute Gasteiger partial charge is 0.522 e. The molecule has 1 unspecified atom stereocenters. The topological polar surface area (TPSA) is 30.5 Å². The van der Waals surface area contributed by atoms with E-state index >= 15 is 0 Å². The molecular weight excluding hydrogens is 283 g/mol. The molecule has 1 atom stereocenters. The number of alkyl halides is 3. The molecule has 0 saturated heterocycles. The van der Waals surface area contributed by atoms with Crippen LogP contribution in [0, 0.1) is 0 Å². The average Bonchev–Trinajstić information content (AvgIpc) is 2.42. The Morgan fingerprint density at radius 1 is 1.14 bits per heavy atom. The Kier molecular flexibility index (Phi) is 7.53. The van der Waals surface area contributed by atoms with Crippen molar-refractivity contribution in [3.05, 3.63) is 29.8 Å². The molecule has 0 saturated carbocycles. The van der Waals surface area contributed by atoms with Gasteiger partial charge in [0.25, 0.3) is 0 Å². The molecule has 0 aliphatic rings. The summed E-state index contributed by atoms with van der Waals surface area (Å²) in [6, 6.07) is 7.75. The summed E-state index contributed by atoms with van der Waals surface area (Å²) in [5, 5.41) is 3.40. The first-order chi connectivity index (χ1) is 9.90. The summed E-state index contributed by atoms with van der Waals surface area (Å²) in [7, 11) is 0. The predicted molar refractivity (Wildman–Crippen MR) is 75.4 cm³/mol. The van der Waals surface area contributed by atoms with E-state index in [2.05, 4.69) is 23.9 Å². The van der Waals surface area contributed by atoms with Crippen molar-refractivity contribution in [3.8, 4) is 5.75 Å². The Hall–Kier alpha value is -1.27. The van der Waals surface area contributed by atoms with E-state index in [4.69, 9.17) is 4.74 Å². The number of nitrogens with one attached hydrogen (secondary N) is 1. The number of hydrogen-bond acceptors (Lipinski definition) is 3. The molecule has 1 aromatic carbocycles. The minimum Gasteiger partial charge on any atom is -0.491 e. The van der Waals surface area contributed by atoms with Crippen LogP contribution in [0.1, 0.15) is 25.8 Å². The van der Waals surface area contributed by atoms with Crippen molar-refractivity contribution in [1.29, 1.82) is 0 Å². The van der Waals surface area contributed by atoms with Crippen LogP contribution in [0.25, 0.3) is 0 Å². The first kappa shape index (κ1) is 17.8. The van der Waals surface area contributed by atoms with Crippen LogP contribution in [0.15, 0.2) is 24.3 Å². The second-order valence-electron chi connectivity index (χ2n) is 4.85. The fourth-order valence-corrected chi connectivity index (χ4v) is 1.86. The van der Waals surface area contributed by atoms with Gasteiger partial charge in [-0.05, 0) is 44.0 Å². The average molecular weight is 305 g/mol. The van der Waals surface area contributed by atoms with Crippen molar-refractivity contribution in [2.45, 2.75) is 39.1 Å². The Balaban J connectivity index is 2.30. The second kappa shape index (κ2) is 8.89. The Morgan fingerprint density at radius 2 is 1.81 bits per heavy atom. The van der Waals surface area contributed by atoms with Gasteiger partial charge in [-0.25, -0.2) is 0 Å². The molecule has 0 fully saturated rings. The van der Waals surface area contributed by atoms with Crippen LogP contribution in [0.3, 0.4) is 0 Å². The monoisotopic (exact) mass is 305 g/mol. The maximum Gasteiger partial charge on any atom is 0.522 e. The zero-order valence-corrected chi connectivity index (χ0v) is 12.4. The van der Waals surface area contributed by atoms with Gasteiger partial charge in [0.2, 0.25) is 0 Å². The molecule has 0 aliphatic heterocycles. The summed E-state index contributed by atoms with van der Waals surface area (Å²) >= 11 is 0. The summed E-state index contributed by atoms with van der Waals surface area (Å²) < 4.78 is 44.1. The Bertz CT molecular complexity index is 393. The molecule has 3 nitrogen and oxygen atoms in total. The van der Waals surface area contributed by atoms with E-state index in [0.29, 0.717) is 11.8 Å². The first-order valence-corrected chi connectivity index (χ1v) is 7.06. The summed E-state index contributed by atoms with van der Waals surface area (Å²) in [5.41, 5.74) is 1.16. The Labute approximate surface area is 123 Å². The predicted octanol–water partition coefficient (Wildman–Crippen LogP) is 3.53. The number of halogens is 3. The molecule has 0 bridgehead atoms. The van der Waals surface area contributed by atoms with E-state index < -0.39 is 13.0 Å². The number of benzene rings is 1. The molecule has 0 spiro atoms. The fourth-order valence-electron chi connectivity index (χ4n) is 1.86. The maximum absolute atomic E-state index is 11.8. The quantitative estimate of drug-likeness (QED) is 0.708. The van der Waals surface area contributed by atoms with Crippen LogP contribution in [-0.4, -0.2) is 32.2 Å². The van der Waals surface area contributed by atoms with Gasteiger partial charge in [0, 0.05) is 6.04 Å². The summed E-state index contributed by atoms with van der Waals surface area (Å²) in [6.07, 6.45) is -2.61. The van der Waals surface area contributed by atoms with Crippen molar-refractivity contribution in [3.63, 3.8) is 0 Å². The number of ether oxygens (including phenoxy) is 2. The number of hydrogen-bond donors (Lipinski definition) is 1. The highest BCUT2D eigenvalue weighted by atomic mass is 19.4. The van der Waals surface area contributed by atoms with E-state index in [-0.39, 0.29) is 6.61 Å². The molecular formula is C15H22F3NO2. The first-order valence-electron chi connectivity index (χ1n) is 7.06. The van der Waals surface area contributed by atoms with E-state index in [1.165, 1.54) is 0 Å². The van der Waals surface area contributed by atoms with Crippen molar-refractivity contribution < 1.29 is 22.6 Å². The third kappa shape index (κ3) is 8.57. The lowest BCUT2D eigenvalue weighted by Gasteiger charge is -2.13. The van der Waals surface area contributed by atoms with Crippen LogP contribution >= 0.6 is 0 Å². The third-order valence-electron chi connectivity index (χ3n) is 2.83. The smallest absolute Gasteiger partial charge is 0.491 e. The standard InChI is InChI=1S/C15H22F3NO2/c1-3-8-19-12(2)11-13-4-6-14(7-5-13)20-9-10-21-15(16,17)18/h4-7,12,19H,3,8-11H2,1-2H3. The summed E-state index contributed by atoms with van der Waals surface area (Å²) in [6.45, 7) is 4.58. The van der Waals surface area contributed by atoms with Crippen LogP contribution in [0.2, 0.25) is 0 Å². The van der Waals surface area contributed by atoms with Gasteiger partial charge in [-0.3, -0.25) is 4.74 Å². The zero-order valence-electron chi connectivity index (χ0n) is 12.4. The van der Waals surface area contributed by atoms with Gasteiger partial charge in [-0.15, -0.1) is 13.2 Å². The summed E-state index contributed by atoms with van der Waals surface area (Å²) in [5.74, 6) is 0.540. The third-order valence-corrected chi connectivity index (χ3v) is 2.83. The highest BCUT2D eigenvalue weighted by molar-refractivity contribution is 5.27. The minimum absolute atomic E-state index is 0.132. The molecule has 0 aliphatic carbocycles. The van der Waals surface area contributed by atoms with Gasteiger partial charge in [-0.2, -0.15) is 0 Å². The lowest BCUT2D eigenvalue weighted by molar-refractivity contribution is -0.325. The van der Waals surface area contributed by atoms with Gasteiger partial charge in [0.15, 0.2) is 0 Å². The normalized spacial score (nSPS) is 13.2. The van der Waals surface area contributed by atoms with Crippen LogP contribution in [0.4, 0.5) is 13.2 Å². The van der Waals surface area contributed by atoms with E-state index in [1.807, 2.05) is 12.1 Å². The van der Waals surface area contributed by atoms with Gasteiger partial charge >= 0.3 is 6.36 Å². The second-order valence-corrected chi connectivity index (χ2v) is 4.85. The van der Waals surface area contributed by atoms with Crippen LogP contribution in [0.5, 0.6) is 5.75 Å². The van der Waals surface area contributed by atoms with E-state index in [9.17, 15) is 13.2 Å². The van der Waals surface area contributed by atoms with Crippen molar-refractivity contribution in [2.24, 2.45) is 0 Å². The minimum atomic E-state index is -4.60. The number of rotatable bonds is 9. The zero-order chi connectivity index (χ0) is 15.7. The summed E-state index contributed by atoms with van der Waals surface area (Å²) in [4.78, 5) is 0. The van der Waals surface area contributed by atoms with Crippen molar-refractivity contribution in [1.82, 2.24) is 5.32 Å². The van der Waals surface area contributed by atoms with Gasteiger partial charge < -0.3 is 10.1 Å². The highest BCUT2D eigenvalue weighted by Gasteiger charge is 2.28. The molecule has 6 heteroatoms. The molecule has 0 amide bonds.